The number of thiazole rings is 1. The molecule has 1 fully saturated rings. The maximum absolute atomic E-state index is 6.01. The van der Waals surface area contributed by atoms with Gasteiger partial charge in [0, 0.05) is 23.9 Å². The molecule has 5 nitrogen and oxygen atoms in total. The van der Waals surface area contributed by atoms with E-state index in [-0.39, 0.29) is 0 Å². The second-order valence-corrected chi connectivity index (χ2v) is 6.73. The molecule has 23 heavy (non-hydrogen) atoms. The van der Waals surface area contributed by atoms with Crippen LogP contribution in [-0.4, -0.2) is 28.9 Å². The Hall–Kier alpha value is -2.34. The maximum Gasteiger partial charge on any atom is 0.191 e. The Kier molecular flexibility index (Phi) is 3.53. The van der Waals surface area contributed by atoms with Gasteiger partial charge in [-0.1, -0.05) is 18.2 Å². The highest BCUT2D eigenvalue weighted by molar-refractivity contribution is 7.09. The van der Waals surface area contributed by atoms with E-state index in [1.54, 1.807) is 11.3 Å². The molecule has 6 heteroatoms. The third kappa shape index (κ3) is 2.94. The second-order valence-electron chi connectivity index (χ2n) is 5.79. The monoisotopic (exact) mass is 326 g/mol. The van der Waals surface area contributed by atoms with Gasteiger partial charge in [-0.05, 0) is 25.0 Å². The van der Waals surface area contributed by atoms with Crippen molar-refractivity contribution in [3.8, 4) is 11.5 Å². The molecule has 2 heterocycles. The lowest BCUT2D eigenvalue weighted by atomic mass is 10.2. The van der Waals surface area contributed by atoms with E-state index in [0.29, 0.717) is 18.5 Å². The van der Waals surface area contributed by atoms with E-state index in [0.717, 1.165) is 27.4 Å². The molecule has 2 aromatic heterocycles. The van der Waals surface area contributed by atoms with Crippen LogP contribution in [0.1, 0.15) is 17.8 Å². The molecule has 0 saturated heterocycles. The average Bonchev–Trinajstić information content (AvgIpc) is 3.15. The number of guanidine groups is 1. The minimum Gasteiger partial charge on any atom is -0.454 e. The van der Waals surface area contributed by atoms with Gasteiger partial charge in [-0.25, -0.2) is 9.98 Å². The summed E-state index contributed by atoms with van der Waals surface area (Å²) >= 11 is 1.58. The van der Waals surface area contributed by atoms with Gasteiger partial charge in [0.15, 0.2) is 11.7 Å². The molecule has 0 spiro atoms. The Morgan fingerprint density at radius 3 is 3.04 bits per heavy atom. The molecule has 0 unspecified atom stereocenters. The first-order chi connectivity index (χ1) is 11.2. The highest BCUT2D eigenvalue weighted by Gasteiger charge is 2.27. The number of rotatable bonds is 4. The van der Waals surface area contributed by atoms with Crippen molar-refractivity contribution < 1.29 is 4.42 Å². The van der Waals surface area contributed by atoms with Gasteiger partial charge in [-0.15, -0.1) is 11.3 Å². The average molecular weight is 326 g/mol. The van der Waals surface area contributed by atoms with Crippen molar-refractivity contribution in [2.24, 2.45) is 10.7 Å². The first-order valence-corrected chi connectivity index (χ1v) is 8.55. The highest BCUT2D eigenvalue weighted by atomic mass is 32.1. The molecule has 0 atom stereocenters. The first-order valence-electron chi connectivity index (χ1n) is 7.67. The van der Waals surface area contributed by atoms with Gasteiger partial charge in [0.2, 0.25) is 0 Å². The van der Waals surface area contributed by atoms with Gasteiger partial charge in [-0.3, -0.25) is 0 Å². The van der Waals surface area contributed by atoms with Crippen molar-refractivity contribution in [3.63, 3.8) is 0 Å². The van der Waals surface area contributed by atoms with Crippen LogP contribution in [0.3, 0.4) is 0 Å². The van der Waals surface area contributed by atoms with Crippen LogP contribution in [-0.2, 0) is 6.54 Å². The minimum absolute atomic E-state index is 0.508. The Morgan fingerprint density at radius 2 is 2.26 bits per heavy atom. The summed E-state index contributed by atoms with van der Waals surface area (Å²) in [7, 11) is 2.00. The van der Waals surface area contributed by atoms with Crippen LogP contribution >= 0.6 is 11.3 Å². The fourth-order valence-corrected chi connectivity index (χ4v) is 3.22. The van der Waals surface area contributed by atoms with Crippen LogP contribution in [0.5, 0.6) is 0 Å². The zero-order valence-corrected chi connectivity index (χ0v) is 13.7. The third-order valence-electron chi connectivity index (χ3n) is 4.06. The molecule has 0 aliphatic heterocycles. The number of hydrogen-bond acceptors (Lipinski definition) is 4. The van der Waals surface area contributed by atoms with E-state index < -0.39 is 0 Å². The van der Waals surface area contributed by atoms with Crippen molar-refractivity contribution in [3.05, 3.63) is 40.7 Å². The van der Waals surface area contributed by atoms with Gasteiger partial charge in [0.25, 0.3) is 0 Å². The van der Waals surface area contributed by atoms with E-state index in [4.69, 9.17) is 10.2 Å². The predicted octanol–water partition coefficient (Wildman–Crippen LogP) is 3.47. The Morgan fingerprint density at radius 1 is 1.43 bits per heavy atom. The summed E-state index contributed by atoms with van der Waals surface area (Å²) in [4.78, 5) is 11.1. The summed E-state index contributed by atoms with van der Waals surface area (Å²) in [5.41, 5.74) is 7.74. The number of aromatic nitrogens is 1. The van der Waals surface area contributed by atoms with Crippen molar-refractivity contribution in [1.82, 2.24) is 9.88 Å². The van der Waals surface area contributed by atoms with Crippen LogP contribution in [0.25, 0.3) is 22.4 Å². The van der Waals surface area contributed by atoms with Crippen molar-refractivity contribution in [2.45, 2.75) is 25.4 Å². The van der Waals surface area contributed by atoms with Gasteiger partial charge in [0.05, 0.1) is 6.54 Å². The third-order valence-corrected chi connectivity index (χ3v) is 4.90. The fourth-order valence-electron chi connectivity index (χ4n) is 2.51. The SMILES string of the molecule is CN(C(N)=NCc1nc(-c2cc3ccccc3o2)cs1)C1CC1. The topological polar surface area (TPSA) is 67.7 Å². The standard InChI is InChI=1S/C17H18N4OS/c1-21(12-6-7-12)17(18)19-9-16-20-13(10-23-16)15-8-11-4-2-3-5-14(11)22-15/h2-5,8,10,12H,6-7,9H2,1H3,(H2,18,19). The number of hydrogen-bond donors (Lipinski definition) is 1. The smallest absolute Gasteiger partial charge is 0.191 e. The van der Waals surface area contributed by atoms with Crippen LogP contribution in [0, 0.1) is 0 Å². The molecule has 2 N–H and O–H groups in total. The van der Waals surface area contributed by atoms with Gasteiger partial charge < -0.3 is 15.1 Å². The number of para-hydroxylation sites is 1. The van der Waals surface area contributed by atoms with E-state index in [2.05, 4.69) is 9.98 Å². The molecule has 0 bridgehead atoms. The highest BCUT2D eigenvalue weighted by Crippen LogP contribution is 2.29. The molecule has 118 valence electrons. The van der Waals surface area contributed by atoms with Gasteiger partial charge in [-0.2, -0.15) is 0 Å². The summed E-state index contributed by atoms with van der Waals surface area (Å²) in [5, 5.41) is 4.03. The molecule has 1 aromatic carbocycles. The number of nitrogens with two attached hydrogens (primary N) is 1. The minimum atomic E-state index is 0.508. The fraction of sp³-hybridized carbons (Fsp3) is 0.294. The Labute approximate surface area is 138 Å². The van der Waals surface area contributed by atoms with Crippen LogP contribution in [0.15, 0.2) is 45.1 Å². The summed E-state index contributed by atoms with van der Waals surface area (Å²) < 4.78 is 5.85. The number of aliphatic imine (C=N–C) groups is 1. The number of furan rings is 1. The van der Waals surface area contributed by atoms with Gasteiger partial charge >= 0.3 is 0 Å². The van der Waals surface area contributed by atoms with E-state index in [9.17, 15) is 0 Å². The summed E-state index contributed by atoms with van der Waals surface area (Å²) in [5.74, 6) is 1.38. The van der Waals surface area contributed by atoms with Crippen molar-refractivity contribution >= 4 is 28.3 Å². The molecule has 0 amide bonds. The molecule has 0 radical (unpaired) electrons. The number of fused-ring (bicyclic) bond motifs is 1. The van der Waals surface area contributed by atoms with E-state index in [1.165, 1.54) is 12.8 Å². The van der Waals surface area contributed by atoms with Gasteiger partial charge in [0.1, 0.15) is 16.3 Å². The lowest BCUT2D eigenvalue weighted by Gasteiger charge is -2.16. The van der Waals surface area contributed by atoms with E-state index >= 15 is 0 Å². The number of benzene rings is 1. The molecule has 1 aliphatic carbocycles. The quantitative estimate of drug-likeness (QED) is 0.589. The molecule has 1 aliphatic rings. The normalized spacial score (nSPS) is 15.3. The molecule has 3 aromatic rings. The maximum atomic E-state index is 6.01. The summed E-state index contributed by atoms with van der Waals surface area (Å²) in [6.45, 7) is 0.508. The molecular weight excluding hydrogens is 308 g/mol. The first kappa shape index (κ1) is 14.3. The van der Waals surface area contributed by atoms with Crippen LogP contribution in [0.2, 0.25) is 0 Å². The summed E-state index contributed by atoms with van der Waals surface area (Å²) in [6.07, 6.45) is 2.42. The lowest BCUT2D eigenvalue weighted by molar-refractivity contribution is 0.487. The van der Waals surface area contributed by atoms with Crippen LogP contribution < -0.4 is 5.73 Å². The number of nitrogens with zero attached hydrogens (tertiary/aromatic N) is 3. The Bertz CT molecular complexity index is 829. The predicted molar refractivity (Wildman–Crippen MR) is 93.4 cm³/mol. The van der Waals surface area contributed by atoms with E-state index in [1.807, 2.05) is 47.7 Å². The molecular formula is C17H18N4OS. The van der Waals surface area contributed by atoms with Crippen LogP contribution in [0.4, 0.5) is 0 Å². The molecule has 4 rings (SSSR count). The Balaban J connectivity index is 1.51. The van der Waals surface area contributed by atoms with Crippen molar-refractivity contribution in [2.75, 3.05) is 7.05 Å². The summed E-state index contributed by atoms with van der Waals surface area (Å²) in [6, 6.07) is 10.6. The largest absolute Gasteiger partial charge is 0.454 e. The molecule has 1 saturated carbocycles. The zero-order valence-electron chi connectivity index (χ0n) is 12.9. The second kappa shape index (κ2) is 5.70. The zero-order chi connectivity index (χ0) is 15.8. The van der Waals surface area contributed by atoms with Crippen molar-refractivity contribution in [1.29, 1.82) is 0 Å². The lowest BCUT2D eigenvalue weighted by Crippen LogP contribution is -2.35.